The minimum atomic E-state index is 0.906. The van der Waals surface area contributed by atoms with E-state index >= 15 is 0 Å². The average molecular weight is 282 g/mol. The summed E-state index contributed by atoms with van der Waals surface area (Å²) in [7, 11) is 0. The van der Waals surface area contributed by atoms with Crippen molar-refractivity contribution in [2.24, 2.45) is 5.92 Å². The molecule has 1 aliphatic carbocycles. The summed E-state index contributed by atoms with van der Waals surface area (Å²) >= 11 is 0. The van der Waals surface area contributed by atoms with E-state index < -0.39 is 0 Å². The molecular formula is C21H30. The van der Waals surface area contributed by atoms with Gasteiger partial charge in [0.15, 0.2) is 0 Å². The second-order valence-electron chi connectivity index (χ2n) is 5.53. The van der Waals surface area contributed by atoms with Crippen molar-refractivity contribution >= 4 is 5.57 Å². The van der Waals surface area contributed by atoms with Crippen LogP contribution in [0.1, 0.15) is 57.1 Å². The summed E-state index contributed by atoms with van der Waals surface area (Å²) in [5.41, 5.74) is 3.71. The minimum Gasteiger partial charge on any atom is -0.0991 e. The fraction of sp³-hybridized carbons (Fsp3) is 0.429. The third-order valence-electron chi connectivity index (χ3n) is 4.01. The zero-order valence-corrected chi connectivity index (χ0v) is 13.8. The average Bonchev–Trinajstić information content (AvgIpc) is 2.56. The highest BCUT2D eigenvalue weighted by Crippen LogP contribution is 2.27. The van der Waals surface area contributed by atoms with E-state index in [1.807, 2.05) is 26.0 Å². The van der Waals surface area contributed by atoms with Gasteiger partial charge in [0.1, 0.15) is 0 Å². The Labute approximate surface area is 131 Å². The van der Waals surface area contributed by atoms with Gasteiger partial charge in [-0.3, -0.25) is 0 Å². The number of benzene rings is 1. The Hall–Kier alpha value is -1.56. The Bertz CT molecular complexity index is 441. The molecule has 0 N–H and O–H groups in total. The van der Waals surface area contributed by atoms with Gasteiger partial charge in [-0.15, -0.1) is 0 Å². The van der Waals surface area contributed by atoms with Crippen LogP contribution in [0.2, 0.25) is 0 Å². The largest absolute Gasteiger partial charge is 0.0991 e. The summed E-state index contributed by atoms with van der Waals surface area (Å²) in [6, 6.07) is 8.90. The van der Waals surface area contributed by atoms with Crippen LogP contribution in [-0.2, 0) is 6.42 Å². The molecule has 114 valence electrons. The van der Waals surface area contributed by atoms with E-state index in [1.165, 1.54) is 49.7 Å². The highest BCUT2D eigenvalue weighted by molar-refractivity contribution is 5.72. The summed E-state index contributed by atoms with van der Waals surface area (Å²) in [4.78, 5) is 0. The van der Waals surface area contributed by atoms with Gasteiger partial charge in [-0.2, -0.15) is 0 Å². The molecule has 0 spiro atoms. The Morgan fingerprint density at radius 3 is 2.29 bits per heavy atom. The quantitative estimate of drug-likeness (QED) is 0.534. The van der Waals surface area contributed by atoms with Crippen LogP contribution in [0.4, 0.5) is 0 Å². The lowest BCUT2D eigenvalue weighted by Crippen LogP contribution is -2.09. The number of hydrogen-bond acceptors (Lipinski definition) is 0. The Morgan fingerprint density at radius 1 is 1.10 bits per heavy atom. The van der Waals surface area contributed by atoms with Crippen LogP contribution >= 0.6 is 0 Å². The van der Waals surface area contributed by atoms with Crippen molar-refractivity contribution in [3.05, 3.63) is 66.8 Å². The van der Waals surface area contributed by atoms with Crippen LogP contribution < -0.4 is 0 Å². The SMILES string of the molecule is C=C/C=C\C(=C)c1ccc(CC2CCCCC2)cc1.CC. The third kappa shape index (κ3) is 6.16. The number of rotatable bonds is 5. The number of hydrogen-bond donors (Lipinski definition) is 0. The van der Waals surface area contributed by atoms with E-state index in [2.05, 4.69) is 37.4 Å². The summed E-state index contributed by atoms with van der Waals surface area (Å²) in [6.07, 6.45) is 14.1. The van der Waals surface area contributed by atoms with Gasteiger partial charge < -0.3 is 0 Å². The first-order chi connectivity index (χ1) is 10.3. The molecule has 0 aliphatic heterocycles. The molecule has 0 unspecified atom stereocenters. The predicted octanol–water partition coefficient (Wildman–Crippen LogP) is 6.59. The summed E-state index contributed by atoms with van der Waals surface area (Å²) < 4.78 is 0. The fourth-order valence-electron chi connectivity index (χ4n) is 2.86. The van der Waals surface area contributed by atoms with Gasteiger partial charge in [0.2, 0.25) is 0 Å². The molecule has 2 rings (SSSR count). The molecule has 0 amide bonds. The summed E-state index contributed by atoms with van der Waals surface area (Å²) in [5, 5.41) is 0. The molecule has 1 aliphatic rings. The van der Waals surface area contributed by atoms with Gasteiger partial charge in [0.25, 0.3) is 0 Å². The Balaban J connectivity index is 0.00000106. The first kappa shape index (κ1) is 17.5. The molecule has 1 aromatic carbocycles. The standard InChI is InChI=1S/C19H24.C2H6/c1-3-4-8-16(2)19-13-11-18(12-14-19)15-17-9-6-5-7-10-17;1-2/h3-4,8,11-14,17H,1-2,5-7,9-10,15H2;1-2H3/b8-4-;. The first-order valence-corrected chi connectivity index (χ1v) is 8.37. The van der Waals surface area contributed by atoms with Gasteiger partial charge in [0.05, 0.1) is 0 Å². The maximum Gasteiger partial charge on any atom is -0.0190 e. The van der Waals surface area contributed by atoms with Gasteiger partial charge in [-0.1, -0.05) is 102 Å². The van der Waals surface area contributed by atoms with E-state index in [4.69, 9.17) is 0 Å². The number of allylic oxidation sites excluding steroid dienone is 4. The van der Waals surface area contributed by atoms with E-state index in [0.29, 0.717) is 0 Å². The lowest BCUT2D eigenvalue weighted by atomic mass is 9.84. The predicted molar refractivity (Wildman–Crippen MR) is 96.4 cm³/mol. The zero-order chi connectivity index (χ0) is 15.5. The fourth-order valence-corrected chi connectivity index (χ4v) is 2.86. The van der Waals surface area contributed by atoms with Crippen molar-refractivity contribution in [1.82, 2.24) is 0 Å². The lowest BCUT2D eigenvalue weighted by molar-refractivity contribution is 0.356. The van der Waals surface area contributed by atoms with E-state index in [9.17, 15) is 0 Å². The molecule has 21 heavy (non-hydrogen) atoms. The summed E-state index contributed by atoms with van der Waals surface area (Å²) in [6.45, 7) is 11.8. The van der Waals surface area contributed by atoms with Gasteiger partial charge in [-0.25, -0.2) is 0 Å². The molecule has 0 atom stereocenters. The van der Waals surface area contributed by atoms with Crippen molar-refractivity contribution in [3.8, 4) is 0 Å². The molecule has 0 saturated heterocycles. The molecule has 0 bridgehead atoms. The Morgan fingerprint density at radius 2 is 1.71 bits per heavy atom. The molecule has 0 radical (unpaired) electrons. The molecule has 1 saturated carbocycles. The van der Waals surface area contributed by atoms with Crippen LogP contribution in [0.5, 0.6) is 0 Å². The van der Waals surface area contributed by atoms with Crippen LogP contribution in [0.15, 0.2) is 55.7 Å². The normalized spacial score (nSPS) is 15.3. The molecule has 1 fully saturated rings. The lowest BCUT2D eigenvalue weighted by Gasteiger charge is -2.21. The van der Waals surface area contributed by atoms with Gasteiger partial charge in [0, 0.05) is 0 Å². The van der Waals surface area contributed by atoms with E-state index in [1.54, 1.807) is 6.08 Å². The monoisotopic (exact) mass is 282 g/mol. The topological polar surface area (TPSA) is 0 Å². The third-order valence-corrected chi connectivity index (χ3v) is 4.01. The van der Waals surface area contributed by atoms with Gasteiger partial charge in [-0.05, 0) is 29.0 Å². The zero-order valence-electron chi connectivity index (χ0n) is 13.8. The van der Waals surface area contributed by atoms with Crippen molar-refractivity contribution < 1.29 is 0 Å². The highest BCUT2D eigenvalue weighted by Gasteiger charge is 2.13. The molecular weight excluding hydrogens is 252 g/mol. The maximum absolute atomic E-state index is 4.07. The molecule has 0 aromatic heterocycles. The van der Waals surface area contributed by atoms with Crippen LogP contribution in [0.3, 0.4) is 0 Å². The molecule has 0 heterocycles. The van der Waals surface area contributed by atoms with Crippen LogP contribution in [0.25, 0.3) is 5.57 Å². The van der Waals surface area contributed by atoms with Crippen molar-refractivity contribution in [1.29, 1.82) is 0 Å². The first-order valence-electron chi connectivity index (χ1n) is 8.37. The van der Waals surface area contributed by atoms with Crippen molar-refractivity contribution in [2.75, 3.05) is 0 Å². The van der Waals surface area contributed by atoms with Crippen molar-refractivity contribution in [3.63, 3.8) is 0 Å². The smallest absolute Gasteiger partial charge is 0.0190 e. The second kappa shape index (κ2) is 10.2. The molecule has 1 aromatic rings. The van der Waals surface area contributed by atoms with Gasteiger partial charge >= 0.3 is 0 Å². The van der Waals surface area contributed by atoms with Crippen molar-refractivity contribution in [2.45, 2.75) is 52.4 Å². The second-order valence-corrected chi connectivity index (χ2v) is 5.53. The molecule has 0 nitrogen and oxygen atoms in total. The maximum atomic E-state index is 4.07. The van der Waals surface area contributed by atoms with E-state index in [0.717, 1.165) is 11.5 Å². The van der Waals surface area contributed by atoms with Crippen LogP contribution in [0, 0.1) is 5.92 Å². The highest BCUT2D eigenvalue weighted by atomic mass is 14.2. The van der Waals surface area contributed by atoms with Crippen LogP contribution in [-0.4, -0.2) is 0 Å². The van der Waals surface area contributed by atoms with E-state index in [-0.39, 0.29) is 0 Å². The molecule has 0 heteroatoms. The minimum absolute atomic E-state index is 0.906. The Kier molecular flexibility index (Phi) is 8.50. The summed E-state index contributed by atoms with van der Waals surface area (Å²) in [5.74, 6) is 0.906.